The molecule has 1 heterocycles. The molecule has 27 heavy (non-hydrogen) atoms. The Morgan fingerprint density at radius 3 is 2.00 bits per heavy atom. The van der Waals surface area contributed by atoms with Crippen molar-refractivity contribution in [1.29, 1.82) is 0 Å². The van der Waals surface area contributed by atoms with Crippen LogP contribution in [0.15, 0.2) is 34.8 Å². The van der Waals surface area contributed by atoms with Gasteiger partial charge in [-0.25, -0.2) is 0 Å². The number of nitrogens with zero attached hydrogens (tertiary/aromatic N) is 1. The number of carbonyl (C=O) groups excluding carboxylic acids is 1. The normalized spacial score (nSPS) is 18.7. The van der Waals surface area contributed by atoms with Crippen LogP contribution < -0.4 is 23.8 Å². The van der Waals surface area contributed by atoms with Gasteiger partial charge in [0.1, 0.15) is 5.75 Å². The minimum Gasteiger partial charge on any atom is -0.496 e. The Balaban J connectivity index is 2.05. The molecule has 0 unspecified atom stereocenters. The number of amides is 1. The molecule has 0 saturated carbocycles. The maximum Gasteiger partial charge on any atom is 0.259 e. The molecule has 0 radical (unpaired) electrons. The first kappa shape index (κ1) is 19.3. The van der Waals surface area contributed by atoms with E-state index < -0.39 is 18.1 Å². The number of ether oxygens (including phenoxy) is 4. The Kier molecular flexibility index (Phi) is 5.48. The average Bonchev–Trinajstić information content (AvgIpc) is 2.69. The molecule has 0 aromatic heterocycles. The molecule has 8 heteroatoms. The molecule has 3 rings (SSSR count). The molecule has 1 aliphatic rings. The Hall–Kier alpha value is -2.45. The lowest BCUT2D eigenvalue weighted by Gasteiger charge is -2.45. The number of carbonyl (C=O) groups is 1. The van der Waals surface area contributed by atoms with Crippen LogP contribution >= 0.6 is 15.9 Å². The summed E-state index contributed by atoms with van der Waals surface area (Å²) in [6.45, 7) is 0. The highest BCUT2D eigenvalue weighted by molar-refractivity contribution is 9.10. The number of halogens is 1. The number of methoxy groups -OCH3 is 4. The van der Waals surface area contributed by atoms with Crippen molar-refractivity contribution in [1.82, 2.24) is 0 Å². The van der Waals surface area contributed by atoms with Crippen molar-refractivity contribution in [2.45, 2.75) is 12.1 Å². The van der Waals surface area contributed by atoms with E-state index in [0.717, 1.165) is 10.0 Å². The summed E-state index contributed by atoms with van der Waals surface area (Å²) in [7, 11) is 6.10. The van der Waals surface area contributed by atoms with Gasteiger partial charge in [0, 0.05) is 12.1 Å². The molecule has 2 aromatic rings. The van der Waals surface area contributed by atoms with Gasteiger partial charge in [-0.2, -0.15) is 0 Å². The number of β-lactam (4-membered cyclic amide) rings is 1. The number of anilines is 1. The SMILES string of the molecule is COc1ccc([C@H]2[C@H](O)C(=O)N2c2cc(OC)c(OC)c(OC)c2)cc1Br. The van der Waals surface area contributed by atoms with E-state index in [1.54, 1.807) is 25.3 Å². The third-order valence-corrected chi connectivity index (χ3v) is 5.13. The van der Waals surface area contributed by atoms with E-state index in [2.05, 4.69) is 15.9 Å². The second-order valence-electron chi connectivity index (χ2n) is 5.88. The van der Waals surface area contributed by atoms with Crippen molar-refractivity contribution in [2.24, 2.45) is 0 Å². The summed E-state index contributed by atoms with van der Waals surface area (Å²) in [6, 6.07) is 8.23. The van der Waals surface area contributed by atoms with Crippen molar-refractivity contribution in [2.75, 3.05) is 33.3 Å². The number of aliphatic hydroxyl groups is 1. The lowest BCUT2D eigenvalue weighted by atomic mass is 9.90. The highest BCUT2D eigenvalue weighted by Gasteiger charge is 2.48. The van der Waals surface area contributed by atoms with Crippen LogP contribution in [0.1, 0.15) is 11.6 Å². The van der Waals surface area contributed by atoms with Crippen LogP contribution in [0.4, 0.5) is 5.69 Å². The molecule has 1 saturated heterocycles. The highest BCUT2D eigenvalue weighted by atomic mass is 79.9. The molecule has 1 fully saturated rings. The summed E-state index contributed by atoms with van der Waals surface area (Å²) in [4.78, 5) is 13.9. The summed E-state index contributed by atoms with van der Waals surface area (Å²) in [6.07, 6.45) is -1.13. The molecule has 0 aliphatic carbocycles. The van der Waals surface area contributed by atoms with Gasteiger partial charge >= 0.3 is 0 Å². The van der Waals surface area contributed by atoms with Gasteiger partial charge in [-0.05, 0) is 33.6 Å². The maximum atomic E-state index is 12.4. The fourth-order valence-corrected chi connectivity index (χ4v) is 3.72. The van der Waals surface area contributed by atoms with E-state index >= 15 is 0 Å². The zero-order chi connectivity index (χ0) is 19.7. The molecular weight excluding hydrogens is 418 g/mol. The van der Waals surface area contributed by atoms with Gasteiger partial charge in [0.2, 0.25) is 5.75 Å². The quantitative estimate of drug-likeness (QED) is 0.700. The zero-order valence-electron chi connectivity index (χ0n) is 15.4. The van der Waals surface area contributed by atoms with Gasteiger partial charge in [0.05, 0.1) is 44.6 Å². The minimum absolute atomic E-state index is 0.402. The molecule has 1 amide bonds. The molecular formula is C19H20BrNO6. The first-order chi connectivity index (χ1) is 13.0. The Labute approximate surface area is 165 Å². The van der Waals surface area contributed by atoms with Gasteiger partial charge in [-0.3, -0.25) is 9.69 Å². The number of rotatable bonds is 6. The molecule has 1 aliphatic heterocycles. The molecule has 144 valence electrons. The van der Waals surface area contributed by atoms with Crippen LogP contribution in [0.5, 0.6) is 23.0 Å². The van der Waals surface area contributed by atoms with Crippen molar-refractivity contribution in [3.05, 3.63) is 40.4 Å². The number of aliphatic hydroxyl groups excluding tert-OH is 1. The fourth-order valence-electron chi connectivity index (χ4n) is 3.17. The Morgan fingerprint density at radius 2 is 1.52 bits per heavy atom. The van der Waals surface area contributed by atoms with E-state index in [1.165, 1.54) is 26.2 Å². The zero-order valence-corrected chi connectivity index (χ0v) is 16.9. The van der Waals surface area contributed by atoms with Crippen LogP contribution in [0.3, 0.4) is 0 Å². The first-order valence-electron chi connectivity index (χ1n) is 8.11. The molecule has 1 N–H and O–H groups in total. The predicted octanol–water partition coefficient (Wildman–Crippen LogP) is 2.93. The van der Waals surface area contributed by atoms with Gasteiger partial charge in [-0.15, -0.1) is 0 Å². The van der Waals surface area contributed by atoms with Crippen molar-refractivity contribution in [3.63, 3.8) is 0 Å². The largest absolute Gasteiger partial charge is 0.496 e. The van der Waals surface area contributed by atoms with Crippen molar-refractivity contribution < 1.29 is 28.8 Å². The predicted molar refractivity (Wildman–Crippen MR) is 103 cm³/mol. The van der Waals surface area contributed by atoms with Crippen LogP contribution in [0.25, 0.3) is 0 Å². The smallest absolute Gasteiger partial charge is 0.259 e. The highest BCUT2D eigenvalue weighted by Crippen LogP contribution is 2.46. The van der Waals surface area contributed by atoms with Crippen LogP contribution in [0, 0.1) is 0 Å². The molecule has 0 spiro atoms. The third kappa shape index (κ3) is 3.19. The van der Waals surface area contributed by atoms with Gasteiger partial charge < -0.3 is 24.1 Å². The molecule has 0 bridgehead atoms. The number of hydrogen-bond acceptors (Lipinski definition) is 6. The summed E-state index contributed by atoms with van der Waals surface area (Å²) in [5, 5.41) is 10.3. The lowest BCUT2D eigenvalue weighted by Crippen LogP contribution is -2.59. The monoisotopic (exact) mass is 437 g/mol. The van der Waals surface area contributed by atoms with Gasteiger partial charge in [0.25, 0.3) is 5.91 Å². The second kappa shape index (κ2) is 7.66. The van der Waals surface area contributed by atoms with Crippen LogP contribution in [0.2, 0.25) is 0 Å². The first-order valence-corrected chi connectivity index (χ1v) is 8.90. The fraction of sp³-hybridized carbons (Fsp3) is 0.316. The summed E-state index contributed by atoms with van der Waals surface area (Å²) >= 11 is 3.44. The summed E-state index contributed by atoms with van der Waals surface area (Å²) in [5.41, 5.74) is 1.31. The molecule has 2 atom stereocenters. The molecule has 7 nitrogen and oxygen atoms in total. The van der Waals surface area contributed by atoms with Crippen molar-refractivity contribution >= 4 is 27.5 Å². The minimum atomic E-state index is -1.13. The summed E-state index contributed by atoms with van der Waals surface area (Å²) in [5.74, 6) is 1.55. The van der Waals surface area contributed by atoms with E-state index in [9.17, 15) is 9.90 Å². The van der Waals surface area contributed by atoms with Crippen LogP contribution in [-0.2, 0) is 4.79 Å². The molecule has 2 aromatic carbocycles. The van der Waals surface area contributed by atoms with Crippen molar-refractivity contribution in [3.8, 4) is 23.0 Å². The Bertz CT molecular complexity index is 846. The third-order valence-electron chi connectivity index (χ3n) is 4.51. The van der Waals surface area contributed by atoms with Gasteiger partial charge in [0.15, 0.2) is 17.6 Å². The van der Waals surface area contributed by atoms with Gasteiger partial charge in [-0.1, -0.05) is 6.07 Å². The second-order valence-corrected chi connectivity index (χ2v) is 6.73. The number of benzene rings is 2. The summed E-state index contributed by atoms with van der Waals surface area (Å²) < 4.78 is 22.0. The topological polar surface area (TPSA) is 77.5 Å². The lowest BCUT2D eigenvalue weighted by molar-refractivity contribution is -0.137. The number of hydrogen-bond donors (Lipinski definition) is 1. The van der Waals surface area contributed by atoms with E-state index in [1.807, 2.05) is 12.1 Å². The van der Waals surface area contributed by atoms with Crippen LogP contribution in [-0.4, -0.2) is 45.6 Å². The standard InChI is InChI=1S/C19H20BrNO6/c1-24-13-6-5-10(7-12(13)20)16-17(22)19(23)21(16)11-8-14(25-2)18(27-4)15(9-11)26-3/h5-9,16-17,22H,1-4H3/t16-,17-/m0/s1. The van der Waals surface area contributed by atoms with E-state index in [-0.39, 0.29) is 0 Å². The van der Waals surface area contributed by atoms with E-state index in [0.29, 0.717) is 28.7 Å². The average molecular weight is 438 g/mol. The maximum absolute atomic E-state index is 12.4. The van der Waals surface area contributed by atoms with E-state index in [4.69, 9.17) is 18.9 Å². The Morgan fingerprint density at radius 1 is 0.926 bits per heavy atom.